The minimum Gasteiger partial charge on any atom is -0.379 e. The summed E-state index contributed by atoms with van der Waals surface area (Å²) >= 11 is 0. The van der Waals surface area contributed by atoms with Crippen molar-refractivity contribution in [3.8, 4) is 0 Å². The summed E-state index contributed by atoms with van der Waals surface area (Å²) in [5, 5.41) is 0. The molecular weight excluding hydrogens is 284 g/mol. The molecule has 3 heteroatoms. The first-order chi connectivity index (χ1) is 11.4. The second-order valence-corrected chi connectivity index (χ2v) is 7.67. The molecule has 2 heterocycles. The second-order valence-electron chi connectivity index (χ2n) is 7.67. The molecule has 0 amide bonds. The van der Waals surface area contributed by atoms with Crippen molar-refractivity contribution in [3.63, 3.8) is 0 Å². The van der Waals surface area contributed by atoms with Gasteiger partial charge in [0, 0.05) is 26.2 Å². The van der Waals surface area contributed by atoms with E-state index >= 15 is 0 Å². The molecule has 0 unspecified atom stereocenters. The lowest BCUT2D eigenvalue weighted by Gasteiger charge is -2.40. The maximum Gasteiger partial charge on any atom is 0.0594 e. The molecule has 23 heavy (non-hydrogen) atoms. The molecule has 2 aliphatic heterocycles. The fourth-order valence-electron chi connectivity index (χ4n) is 4.40. The van der Waals surface area contributed by atoms with Gasteiger partial charge in [-0.2, -0.15) is 0 Å². The van der Waals surface area contributed by atoms with Crippen molar-refractivity contribution in [2.75, 3.05) is 45.9 Å². The number of benzene rings is 1. The fraction of sp³-hybridized carbons (Fsp3) is 0.700. The molecule has 3 fully saturated rings. The van der Waals surface area contributed by atoms with E-state index in [0.29, 0.717) is 0 Å². The number of morpholine rings is 1. The summed E-state index contributed by atoms with van der Waals surface area (Å²) in [6.45, 7) is 9.11. The predicted octanol–water partition coefficient (Wildman–Crippen LogP) is 3.11. The summed E-state index contributed by atoms with van der Waals surface area (Å²) in [7, 11) is 0. The number of hydrogen-bond acceptors (Lipinski definition) is 3. The molecule has 3 aliphatic rings. The Morgan fingerprint density at radius 1 is 0.870 bits per heavy atom. The average Bonchev–Trinajstić information content (AvgIpc) is 3.06. The molecule has 4 rings (SSSR count). The van der Waals surface area contributed by atoms with E-state index < -0.39 is 0 Å². The second kappa shape index (κ2) is 7.33. The van der Waals surface area contributed by atoms with Gasteiger partial charge in [0.15, 0.2) is 0 Å². The number of ether oxygens (including phenoxy) is 1. The van der Waals surface area contributed by atoms with Gasteiger partial charge >= 0.3 is 0 Å². The first-order valence-electron chi connectivity index (χ1n) is 9.48. The van der Waals surface area contributed by atoms with Crippen LogP contribution in [-0.2, 0) is 11.3 Å². The normalized spacial score (nSPS) is 29.6. The Balaban J connectivity index is 1.23. The highest BCUT2D eigenvalue weighted by atomic mass is 16.5. The van der Waals surface area contributed by atoms with Crippen LogP contribution in [0.5, 0.6) is 0 Å². The Morgan fingerprint density at radius 3 is 2.26 bits per heavy atom. The van der Waals surface area contributed by atoms with E-state index in [1.54, 1.807) is 5.56 Å². The Kier molecular flexibility index (Phi) is 4.98. The van der Waals surface area contributed by atoms with Crippen LogP contribution >= 0.6 is 0 Å². The van der Waals surface area contributed by atoms with Gasteiger partial charge in [0.2, 0.25) is 0 Å². The Hall–Kier alpha value is -0.900. The summed E-state index contributed by atoms with van der Waals surface area (Å²) in [6.07, 6.45) is 5.51. The lowest BCUT2D eigenvalue weighted by molar-refractivity contribution is 0.0217. The molecule has 126 valence electrons. The number of rotatable bonds is 5. The Morgan fingerprint density at radius 2 is 1.57 bits per heavy atom. The molecule has 0 spiro atoms. The molecule has 0 aromatic heterocycles. The first kappa shape index (κ1) is 15.6. The van der Waals surface area contributed by atoms with Crippen molar-refractivity contribution in [2.45, 2.75) is 38.1 Å². The number of likely N-dealkylation sites (tertiary alicyclic amines) is 1. The topological polar surface area (TPSA) is 15.7 Å². The van der Waals surface area contributed by atoms with Gasteiger partial charge in [0.1, 0.15) is 0 Å². The third-order valence-electron chi connectivity index (χ3n) is 5.91. The minimum atomic E-state index is 0.807. The monoisotopic (exact) mass is 314 g/mol. The van der Waals surface area contributed by atoms with Gasteiger partial charge in [0.25, 0.3) is 0 Å². The number of hydrogen-bond donors (Lipinski definition) is 0. The fourth-order valence-corrected chi connectivity index (χ4v) is 4.40. The molecule has 1 aromatic rings. The zero-order valence-corrected chi connectivity index (χ0v) is 14.3. The highest BCUT2D eigenvalue weighted by molar-refractivity contribution is 5.27. The molecule has 0 bridgehead atoms. The molecule has 0 radical (unpaired) electrons. The number of nitrogens with zero attached hydrogens (tertiary/aromatic N) is 2. The van der Waals surface area contributed by atoms with Gasteiger partial charge in [-0.15, -0.1) is 0 Å². The van der Waals surface area contributed by atoms with Crippen molar-refractivity contribution >= 4 is 0 Å². The summed E-state index contributed by atoms with van der Waals surface area (Å²) in [5.41, 5.74) is 3.05. The Labute approximate surface area is 140 Å². The summed E-state index contributed by atoms with van der Waals surface area (Å²) in [6, 6.07) is 9.51. The quantitative estimate of drug-likeness (QED) is 0.830. The summed E-state index contributed by atoms with van der Waals surface area (Å²) in [4.78, 5) is 5.17. The molecule has 2 saturated heterocycles. The SMILES string of the molecule is c1cc([C@H]2C[C@H](CN3CCOCC3)C2)ccc1CN1CCCC1. The van der Waals surface area contributed by atoms with Gasteiger partial charge in [-0.25, -0.2) is 0 Å². The van der Waals surface area contributed by atoms with Crippen LogP contribution in [0.4, 0.5) is 0 Å². The van der Waals surface area contributed by atoms with E-state index in [9.17, 15) is 0 Å². The zero-order valence-electron chi connectivity index (χ0n) is 14.3. The van der Waals surface area contributed by atoms with E-state index in [1.165, 1.54) is 50.9 Å². The third kappa shape index (κ3) is 3.96. The van der Waals surface area contributed by atoms with Gasteiger partial charge in [0.05, 0.1) is 13.2 Å². The highest BCUT2D eigenvalue weighted by Gasteiger charge is 2.31. The first-order valence-corrected chi connectivity index (χ1v) is 9.48. The van der Waals surface area contributed by atoms with E-state index in [1.807, 2.05) is 0 Å². The van der Waals surface area contributed by atoms with Crippen molar-refractivity contribution in [3.05, 3.63) is 35.4 Å². The van der Waals surface area contributed by atoms with E-state index in [2.05, 4.69) is 34.1 Å². The van der Waals surface area contributed by atoms with Crippen molar-refractivity contribution in [2.24, 2.45) is 5.92 Å². The van der Waals surface area contributed by atoms with Crippen molar-refractivity contribution in [1.82, 2.24) is 9.80 Å². The maximum absolute atomic E-state index is 5.44. The zero-order chi connectivity index (χ0) is 15.5. The maximum atomic E-state index is 5.44. The standard InChI is InChI=1S/C20H30N2O/c1-2-8-21(7-1)15-17-3-5-19(6-4-17)20-13-18(14-20)16-22-9-11-23-12-10-22/h3-6,18,20H,1-2,7-16H2/t18-,20-. The van der Waals surface area contributed by atoms with Gasteiger partial charge in [-0.1, -0.05) is 24.3 Å². The van der Waals surface area contributed by atoms with Crippen LogP contribution in [0.2, 0.25) is 0 Å². The molecule has 0 atom stereocenters. The van der Waals surface area contributed by atoms with Crippen molar-refractivity contribution in [1.29, 1.82) is 0 Å². The van der Waals surface area contributed by atoms with Crippen LogP contribution in [0, 0.1) is 5.92 Å². The predicted molar refractivity (Wildman–Crippen MR) is 93.7 cm³/mol. The van der Waals surface area contributed by atoms with E-state index in [4.69, 9.17) is 4.74 Å². The largest absolute Gasteiger partial charge is 0.379 e. The smallest absolute Gasteiger partial charge is 0.0594 e. The molecule has 1 saturated carbocycles. The Bertz CT molecular complexity index is 483. The van der Waals surface area contributed by atoms with Gasteiger partial charge in [-0.05, 0) is 61.7 Å². The summed E-state index contributed by atoms with van der Waals surface area (Å²) in [5.74, 6) is 1.71. The van der Waals surface area contributed by atoms with E-state index in [-0.39, 0.29) is 0 Å². The minimum absolute atomic E-state index is 0.807. The van der Waals surface area contributed by atoms with Crippen LogP contribution < -0.4 is 0 Å². The van der Waals surface area contributed by atoms with Crippen molar-refractivity contribution < 1.29 is 4.74 Å². The van der Waals surface area contributed by atoms with Crippen LogP contribution in [0.15, 0.2) is 24.3 Å². The average molecular weight is 314 g/mol. The highest BCUT2D eigenvalue weighted by Crippen LogP contribution is 2.42. The van der Waals surface area contributed by atoms with Gasteiger partial charge < -0.3 is 4.74 Å². The van der Waals surface area contributed by atoms with Crippen LogP contribution in [0.25, 0.3) is 0 Å². The molecule has 0 N–H and O–H groups in total. The molecule has 1 aromatic carbocycles. The molecule has 1 aliphatic carbocycles. The van der Waals surface area contributed by atoms with Crippen LogP contribution in [0.1, 0.15) is 42.7 Å². The lowest BCUT2D eigenvalue weighted by Crippen LogP contribution is -2.42. The molecule has 3 nitrogen and oxygen atoms in total. The van der Waals surface area contributed by atoms with Crippen LogP contribution in [0.3, 0.4) is 0 Å². The van der Waals surface area contributed by atoms with Crippen LogP contribution in [-0.4, -0.2) is 55.7 Å². The third-order valence-corrected chi connectivity index (χ3v) is 5.91. The lowest BCUT2D eigenvalue weighted by atomic mass is 9.71. The van der Waals surface area contributed by atoms with E-state index in [0.717, 1.165) is 44.7 Å². The molecular formula is C20H30N2O. The summed E-state index contributed by atoms with van der Waals surface area (Å²) < 4.78 is 5.44. The van der Waals surface area contributed by atoms with Gasteiger partial charge in [-0.3, -0.25) is 9.80 Å².